The Bertz CT molecular complexity index is 362. The summed E-state index contributed by atoms with van der Waals surface area (Å²) >= 11 is 0. The van der Waals surface area contributed by atoms with Gasteiger partial charge in [-0.1, -0.05) is 13.8 Å². The van der Waals surface area contributed by atoms with Crippen molar-refractivity contribution >= 4 is 11.8 Å². The van der Waals surface area contributed by atoms with E-state index in [1.807, 2.05) is 34.6 Å². The van der Waals surface area contributed by atoms with E-state index in [1.165, 1.54) is 0 Å². The average Bonchev–Trinajstić information content (AvgIpc) is 2.50. The zero-order valence-corrected chi connectivity index (χ0v) is 13.4. The molecular weight excluding hydrogens is 256 g/mol. The second kappa shape index (κ2) is 6.57. The summed E-state index contributed by atoms with van der Waals surface area (Å²) in [6, 6.07) is 0. The molecule has 0 radical (unpaired) electrons. The molecule has 2 amide bonds. The number of hydrogen-bond acceptors (Lipinski definition) is 3. The molecule has 0 aromatic rings. The van der Waals surface area contributed by atoms with E-state index < -0.39 is 11.1 Å². The molecule has 5 heteroatoms. The first-order valence-electron chi connectivity index (χ1n) is 7.54. The third kappa shape index (κ3) is 3.72. The van der Waals surface area contributed by atoms with E-state index in [1.54, 1.807) is 4.90 Å². The minimum Gasteiger partial charge on any atom is -0.374 e. The lowest BCUT2D eigenvalue weighted by Gasteiger charge is -2.37. The summed E-state index contributed by atoms with van der Waals surface area (Å²) < 4.78 is 5.68. The maximum absolute atomic E-state index is 12.8. The topological polar surface area (TPSA) is 58.6 Å². The second-order valence-corrected chi connectivity index (χ2v) is 6.01. The highest BCUT2D eigenvalue weighted by atomic mass is 16.5. The Morgan fingerprint density at radius 3 is 2.35 bits per heavy atom. The van der Waals surface area contributed by atoms with Crippen LogP contribution in [0.1, 0.15) is 53.9 Å². The molecule has 0 spiro atoms. The fourth-order valence-corrected chi connectivity index (χ4v) is 2.80. The zero-order valence-electron chi connectivity index (χ0n) is 13.4. The van der Waals surface area contributed by atoms with Gasteiger partial charge in [-0.05, 0) is 33.6 Å². The Morgan fingerprint density at radius 2 is 1.85 bits per heavy atom. The molecule has 1 heterocycles. The normalized spacial score (nSPS) is 19.8. The van der Waals surface area contributed by atoms with Gasteiger partial charge in [0.05, 0.1) is 5.60 Å². The van der Waals surface area contributed by atoms with Gasteiger partial charge in [0.1, 0.15) is 5.54 Å². The second-order valence-electron chi connectivity index (χ2n) is 6.01. The number of rotatable bonds is 6. The first-order chi connectivity index (χ1) is 9.30. The van der Waals surface area contributed by atoms with Crippen LogP contribution in [-0.4, -0.2) is 47.6 Å². The molecule has 0 bridgehead atoms. The molecule has 0 atom stereocenters. The van der Waals surface area contributed by atoms with Gasteiger partial charge >= 0.3 is 0 Å². The summed E-state index contributed by atoms with van der Waals surface area (Å²) in [4.78, 5) is 26.5. The van der Waals surface area contributed by atoms with Crippen molar-refractivity contribution < 1.29 is 14.3 Å². The van der Waals surface area contributed by atoms with Crippen LogP contribution in [0.15, 0.2) is 0 Å². The number of hydrogen-bond donors (Lipinski definition) is 1. The Balaban J connectivity index is 2.96. The summed E-state index contributed by atoms with van der Waals surface area (Å²) in [6.45, 7) is 11.4. The lowest BCUT2D eigenvalue weighted by molar-refractivity contribution is -0.143. The van der Waals surface area contributed by atoms with Gasteiger partial charge in [0, 0.05) is 26.1 Å². The zero-order chi connectivity index (χ0) is 15.4. The SMILES string of the molecule is CCOC(C)(C)CN1CCC(=O)NC(CC)(CC)C1=O. The molecular formula is C15H28N2O3. The van der Waals surface area contributed by atoms with Crippen LogP contribution >= 0.6 is 0 Å². The number of nitrogens with zero attached hydrogens (tertiary/aromatic N) is 1. The van der Waals surface area contributed by atoms with E-state index in [4.69, 9.17) is 4.74 Å². The van der Waals surface area contributed by atoms with Gasteiger partial charge in [-0.15, -0.1) is 0 Å². The monoisotopic (exact) mass is 284 g/mol. The van der Waals surface area contributed by atoms with Crippen molar-refractivity contribution in [3.63, 3.8) is 0 Å². The fraction of sp³-hybridized carbons (Fsp3) is 0.867. The molecule has 1 aliphatic rings. The molecule has 1 rings (SSSR count). The summed E-state index contributed by atoms with van der Waals surface area (Å²) in [6.07, 6.45) is 1.58. The van der Waals surface area contributed by atoms with Crippen LogP contribution in [0.4, 0.5) is 0 Å². The molecule has 0 aromatic carbocycles. The van der Waals surface area contributed by atoms with Crippen molar-refractivity contribution in [2.45, 2.75) is 65.0 Å². The van der Waals surface area contributed by atoms with Gasteiger partial charge in [0.15, 0.2) is 0 Å². The van der Waals surface area contributed by atoms with Crippen molar-refractivity contribution in [1.29, 1.82) is 0 Å². The number of amides is 2. The van der Waals surface area contributed by atoms with Crippen molar-refractivity contribution in [2.24, 2.45) is 0 Å². The quantitative estimate of drug-likeness (QED) is 0.808. The Hall–Kier alpha value is -1.10. The Morgan fingerprint density at radius 1 is 1.25 bits per heavy atom. The van der Waals surface area contributed by atoms with E-state index >= 15 is 0 Å². The maximum Gasteiger partial charge on any atom is 0.248 e. The molecule has 116 valence electrons. The average molecular weight is 284 g/mol. The van der Waals surface area contributed by atoms with Crippen molar-refractivity contribution in [2.75, 3.05) is 19.7 Å². The van der Waals surface area contributed by atoms with Crippen molar-refractivity contribution in [3.8, 4) is 0 Å². The van der Waals surface area contributed by atoms with Gasteiger partial charge in [-0.2, -0.15) is 0 Å². The van der Waals surface area contributed by atoms with Crippen LogP contribution in [0.25, 0.3) is 0 Å². The van der Waals surface area contributed by atoms with Crippen molar-refractivity contribution in [3.05, 3.63) is 0 Å². The molecule has 0 aliphatic carbocycles. The summed E-state index contributed by atoms with van der Waals surface area (Å²) in [5.74, 6) is -0.0279. The van der Waals surface area contributed by atoms with Gasteiger partial charge in [-0.3, -0.25) is 9.59 Å². The summed E-state index contributed by atoms with van der Waals surface area (Å²) in [5, 5.41) is 2.92. The highest BCUT2D eigenvalue weighted by Gasteiger charge is 2.42. The third-order valence-electron chi connectivity index (χ3n) is 4.00. The predicted octanol–water partition coefficient (Wildman–Crippen LogP) is 1.71. The molecule has 1 saturated heterocycles. The highest BCUT2D eigenvalue weighted by molar-refractivity contribution is 5.93. The summed E-state index contributed by atoms with van der Waals surface area (Å²) in [5.41, 5.74) is -1.15. The van der Waals surface area contributed by atoms with E-state index in [2.05, 4.69) is 5.32 Å². The molecule has 5 nitrogen and oxygen atoms in total. The van der Waals surface area contributed by atoms with Crippen molar-refractivity contribution in [1.82, 2.24) is 10.2 Å². The Kier molecular flexibility index (Phi) is 5.57. The minimum absolute atomic E-state index is 0.0149. The van der Waals surface area contributed by atoms with Crippen LogP contribution in [0.5, 0.6) is 0 Å². The van der Waals surface area contributed by atoms with Crippen LogP contribution < -0.4 is 5.32 Å². The van der Waals surface area contributed by atoms with Crippen LogP contribution in [-0.2, 0) is 14.3 Å². The largest absolute Gasteiger partial charge is 0.374 e. The first-order valence-corrected chi connectivity index (χ1v) is 7.54. The van der Waals surface area contributed by atoms with Crippen LogP contribution in [0.3, 0.4) is 0 Å². The molecule has 1 fully saturated rings. The molecule has 20 heavy (non-hydrogen) atoms. The fourth-order valence-electron chi connectivity index (χ4n) is 2.80. The van der Waals surface area contributed by atoms with E-state index in [9.17, 15) is 9.59 Å². The molecule has 0 saturated carbocycles. The highest BCUT2D eigenvalue weighted by Crippen LogP contribution is 2.24. The third-order valence-corrected chi connectivity index (χ3v) is 4.00. The van der Waals surface area contributed by atoms with Crippen LogP contribution in [0.2, 0.25) is 0 Å². The van der Waals surface area contributed by atoms with Gasteiger partial charge in [-0.25, -0.2) is 0 Å². The van der Waals surface area contributed by atoms with E-state index in [0.717, 1.165) is 0 Å². The van der Waals surface area contributed by atoms with Gasteiger partial charge < -0.3 is 15.0 Å². The number of carbonyl (C=O) groups is 2. The Labute approximate surface area is 122 Å². The van der Waals surface area contributed by atoms with E-state index in [0.29, 0.717) is 39.0 Å². The van der Waals surface area contributed by atoms with E-state index in [-0.39, 0.29) is 11.8 Å². The molecule has 0 unspecified atom stereocenters. The molecule has 1 aliphatic heterocycles. The number of ether oxygens (including phenoxy) is 1. The lowest BCUT2D eigenvalue weighted by Crippen LogP contribution is -2.58. The van der Waals surface area contributed by atoms with Crippen LogP contribution in [0, 0.1) is 0 Å². The number of carbonyl (C=O) groups excluding carboxylic acids is 2. The maximum atomic E-state index is 12.8. The minimum atomic E-state index is -0.754. The molecule has 1 N–H and O–H groups in total. The molecule has 0 aromatic heterocycles. The number of nitrogens with one attached hydrogen (secondary N) is 1. The smallest absolute Gasteiger partial charge is 0.248 e. The standard InChI is InChI=1S/C15H28N2O3/c1-6-15(7-2)13(19)17(10-9-12(18)16-15)11-14(4,5)20-8-3/h6-11H2,1-5H3,(H,16,18). The summed E-state index contributed by atoms with van der Waals surface area (Å²) in [7, 11) is 0. The first kappa shape index (κ1) is 17.0. The van der Waals surface area contributed by atoms with Gasteiger partial charge in [0.2, 0.25) is 11.8 Å². The van der Waals surface area contributed by atoms with Gasteiger partial charge in [0.25, 0.3) is 0 Å². The predicted molar refractivity (Wildman–Crippen MR) is 78.4 cm³/mol. The lowest BCUT2D eigenvalue weighted by atomic mass is 9.91.